The van der Waals surface area contributed by atoms with Crippen LogP contribution in [-0.4, -0.2) is 13.3 Å². The zero-order valence-electron chi connectivity index (χ0n) is 7.86. The molecule has 0 unspecified atom stereocenters. The molecule has 1 aromatic carbocycles. The molecule has 0 fully saturated rings. The molecule has 0 bridgehead atoms. The van der Waals surface area contributed by atoms with Crippen LogP contribution >= 0.6 is 15.9 Å². The van der Waals surface area contributed by atoms with Crippen LogP contribution in [0, 0.1) is 0 Å². The summed E-state index contributed by atoms with van der Waals surface area (Å²) in [6, 6.07) is 4.29. The van der Waals surface area contributed by atoms with Crippen molar-refractivity contribution in [1.82, 2.24) is 0 Å². The lowest BCUT2D eigenvalue weighted by molar-refractivity contribution is -0.0687. The van der Waals surface area contributed by atoms with E-state index >= 15 is 0 Å². The highest BCUT2D eigenvalue weighted by Gasteiger charge is 2.34. The predicted octanol–water partition coefficient (Wildman–Crippen LogP) is 4.03. The first-order chi connectivity index (χ1) is 6.86. The average Bonchev–Trinajstić information content (AvgIpc) is 2.15. The summed E-state index contributed by atoms with van der Waals surface area (Å²) >= 11 is 3.15. The van der Waals surface area contributed by atoms with Crippen LogP contribution in [0.15, 0.2) is 29.3 Å². The molecule has 0 radical (unpaired) electrons. The minimum atomic E-state index is -4.44. The fourth-order valence-corrected chi connectivity index (χ4v) is 1.41. The molecule has 0 N–H and O–H groups in total. The Morgan fingerprint density at radius 3 is 2.47 bits per heavy atom. The Hall–Kier alpha value is -0.970. The van der Waals surface area contributed by atoms with Gasteiger partial charge in [-0.1, -0.05) is 22.5 Å². The molecule has 0 aliphatic rings. The number of halogens is 4. The Morgan fingerprint density at radius 2 is 2.00 bits per heavy atom. The molecule has 0 atom stereocenters. The van der Waals surface area contributed by atoms with Gasteiger partial charge in [-0.15, -0.1) is 0 Å². The Labute approximate surface area is 93.7 Å². The van der Waals surface area contributed by atoms with E-state index in [2.05, 4.69) is 22.5 Å². The van der Waals surface area contributed by atoms with Gasteiger partial charge in [0.25, 0.3) is 0 Å². The first-order valence-corrected chi connectivity index (χ1v) is 4.75. The zero-order chi connectivity index (χ0) is 11.6. The summed E-state index contributed by atoms with van der Waals surface area (Å²) < 4.78 is 42.7. The van der Waals surface area contributed by atoms with Crippen molar-refractivity contribution in [3.05, 3.63) is 34.8 Å². The van der Waals surface area contributed by atoms with E-state index in [1.54, 1.807) is 0 Å². The van der Waals surface area contributed by atoms with E-state index in [0.29, 0.717) is 4.47 Å². The summed E-state index contributed by atoms with van der Waals surface area (Å²) in [5.74, 6) is 0.145. The molecular formula is C10H8BrF3O. The van der Waals surface area contributed by atoms with E-state index in [4.69, 9.17) is 4.74 Å². The Bertz CT molecular complexity index is 385. The monoisotopic (exact) mass is 280 g/mol. The lowest BCUT2D eigenvalue weighted by Gasteiger charge is -2.13. The molecule has 0 aromatic heterocycles. The van der Waals surface area contributed by atoms with Crippen LogP contribution in [0.4, 0.5) is 13.2 Å². The van der Waals surface area contributed by atoms with Crippen LogP contribution in [0.1, 0.15) is 5.56 Å². The van der Waals surface area contributed by atoms with E-state index in [1.807, 2.05) is 0 Å². The summed E-state index contributed by atoms with van der Waals surface area (Å²) in [6.07, 6.45) is -4.44. The lowest BCUT2D eigenvalue weighted by Crippen LogP contribution is -2.10. The smallest absolute Gasteiger partial charge is 0.416 e. The van der Waals surface area contributed by atoms with E-state index in [-0.39, 0.29) is 11.3 Å². The minimum Gasteiger partial charge on any atom is -0.496 e. The van der Waals surface area contributed by atoms with Crippen LogP contribution in [0.2, 0.25) is 0 Å². The number of hydrogen-bond donors (Lipinski definition) is 0. The van der Waals surface area contributed by atoms with Gasteiger partial charge in [-0.05, 0) is 18.2 Å². The zero-order valence-corrected chi connectivity index (χ0v) is 9.45. The highest BCUT2D eigenvalue weighted by atomic mass is 79.9. The molecule has 15 heavy (non-hydrogen) atoms. The fourth-order valence-electron chi connectivity index (χ4n) is 1.07. The topological polar surface area (TPSA) is 9.23 Å². The second-order valence-corrected chi connectivity index (χ2v) is 3.74. The van der Waals surface area contributed by atoms with E-state index < -0.39 is 11.7 Å². The summed E-state index contributed by atoms with van der Waals surface area (Å²) in [4.78, 5) is 0. The molecule has 0 saturated heterocycles. The number of hydrogen-bond acceptors (Lipinski definition) is 1. The van der Waals surface area contributed by atoms with Crippen LogP contribution in [0.3, 0.4) is 0 Å². The van der Waals surface area contributed by atoms with Gasteiger partial charge >= 0.3 is 6.18 Å². The van der Waals surface area contributed by atoms with Crippen molar-refractivity contribution in [3.63, 3.8) is 0 Å². The molecule has 0 spiro atoms. The van der Waals surface area contributed by atoms with Crippen LogP contribution in [0.25, 0.3) is 5.57 Å². The molecule has 5 heteroatoms. The van der Waals surface area contributed by atoms with Crippen molar-refractivity contribution in [2.24, 2.45) is 0 Å². The second-order valence-electron chi connectivity index (χ2n) is 2.82. The first kappa shape index (κ1) is 12.1. The van der Waals surface area contributed by atoms with Gasteiger partial charge in [-0.25, -0.2) is 0 Å². The lowest BCUT2D eigenvalue weighted by atomic mass is 10.1. The number of benzene rings is 1. The van der Waals surface area contributed by atoms with E-state index in [1.165, 1.54) is 25.3 Å². The van der Waals surface area contributed by atoms with Crippen molar-refractivity contribution >= 4 is 21.5 Å². The second kappa shape index (κ2) is 4.26. The number of ether oxygens (including phenoxy) is 1. The number of rotatable bonds is 2. The van der Waals surface area contributed by atoms with Gasteiger partial charge in [0.1, 0.15) is 5.75 Å². The van der Waals surface area contributed by atoms with Gasteiger partial charge in [0.05, 0.1) is 12.7 Å². The fraction of sp³-hybridized carbons (Fsp3) is 0.200. The van der Waals surface area contributed by atoms with Crippen LogP contribution < -0.4 is 4.74 Å². The van der Waals surface area contributed by atoms with Crippen molar-refractivity contribution in [1.29, 1.82) is 0 Å². The summed E-state index contributed by atoms with van der Waals surface area (Å²) in [5, 5.41) is 0. The maximum atomic E-state index is 12.4. The highest BCUT2D eigenvalue weighted by molar-refractivity contribution is 9.10. The largest absolute Gasteiger partial charge is 0.496 e. The third-order valence-corrected chi connectivity index (χ3v) is 2.32. The number of methoxy groups -OCH3 is 1. The third-order valence-electron chi connectivity index (χ3n) is 1.83. The summed E-state index contributed by atoms with van der Waals surface area (Å²) in [5.41, 5.74) is -0.958. The average molecular weight is 281 g/mol. The molecule has 0 amide bonds. The van der Waals surface area contributed by atoms with Crippen LogP contribution in [0.5, 0.6) is 5.75 Å². The molecule has 0 heterocycles. The molecular weight excluding hydrogens is 273 g/mol. The molecule has 82 valence electrons. The van der Waals surface area contributed by atoms with Gasteiger partial charge < -0.3 is 4.74 Å². The van der Waals surface area contributed by atoms with Crippen molar-refractivity contribution < 1.29 is 17.9 Å². The Balaban J connectivity index is 3.20. The van der Waals surface area contributed by atoms with Crippen molar-refractivity contribution in [2.45, 2.75) is 6.18 Å². The standard InChI is InChI=1S/C10H8BrF3O/c1-6(10(12,13)14)8-4-3-7(11)5-9(8)15-2/h3-5H,1H2,2H3. The molecule has 0 aliphatic heterocycles. The number of allylic oxidation sites excluding steroid dienone is 1. The number of alkyl halides is 3. The van der Waals surface area contributed by atoms with Crippen molar-refractivity contribution in [2.75, 3.05) is 7.11 Å². The molecule has 1 rings (SSSR count). The maximum absolute atomic E-state index is 12.4. The van der Waals surface area contributed by atoms with Crippen LogP contribution in [-0.2, 0) is 0 Å². The summed E-state index contributed by atoms with van der Waals surface area (Å²) in [7, 11) is 1.31. The van der Waals surface area contributed by atoms with Gasteiger partial charge in [-0.2, -0.15) is 13.2 Å². The van der Waals surface area contributed by atoms with Gasteiger partial charge in [0.2, 0.25) is 0 Å². The molecule has 1 aromatic rings. The quantitative estimate of drug-likeness (QED) is 0.795. The van der Waals surface area contributed by atoms with Gasteiger partial charge in [-0.3, -0.25) is 0 Å². The Kier molecular flexibility index (Phi) is 3.44. The highest BCUT2D eigenvalue weighted by Crippen LogP contribution is 2.37. The SMILES string of the molecule is C=C(c1ccc(Br)cc1OC)C(F)(F)F. The minimum absolute atomic E-state index is 0.0480. The molecule has 1 nitrogen and oxygen atoms in total. The maximum Gasteiger partial charge on any atom is 0.416 e. The normalized spacial score (nSPS) is 11.3. The molecule has 0 aliphatic carbocycles. The van der Waals surface area contributed by atoms with E-state index in [0.717, 1.165) is 0 Å². The van der Waals surface area contributed by atoms with Gasteiger partial charge in [0, 0.05) is 10.0 Å². The van der Waals surface area contributed by atoms with Crippen molar-refractivity contribution in [3.8, 4) is 5.75 Å². The summed E-state index contributed by atoms with van der Waals surface area (Å²) in [6.45, 7) is 3.01. The third kappa shape index (κ3) is 2.75. The first-order valence-electron chi connectivity index (χ1n) is 3.96. The molecule has 0 saturated carbocycles. The Morgan fingerprint density at radius 1 is 1.40 bits per heavy atom. The predicted molar refractivity (Wildman–Crippen MR) is 55.8 cm³/mol. The van der Waals surface area contributed by atoms with Gasteiger partial charge in [0.15, 0.2) is 0 Å². The van der Waals surface area contributed by atoms with E-state index in [9.17, 15) is 13.2 Å².